The number of hydrogen-bond acceptors (Lipinski definition) is 5. The first-order chi connectivity index (χ1) is 10.7. The molecule has 1 aliphatic rings. The standard InChI is InChI=1S/C16H18N4O2/c1-9-10-4-2-3-5-11(10)12-13-14(22-15(12)19-9)16(21)20(7-6-17)8-18-13/h8H,2-7,17H2,1H3. The van der Waals surface area contributed by atoms with Gasteiger partial charge in [-0.2, -0.15) is 0 Å². The largest absolute Gasteiger partial charge is 0.430 e. The molecule has 4 rings (SSSR count). The molecule has 6 heteroatoms. The van der Waals surface area contributed by atoms with E-state index in [1.165, 1.54) is 22.1 Å². The molecule has 0 fully saturated rings. The Balaban J connectivity index is 2.11. The minimum absolute atomic E-state index is 0.185. The summed E-state index contributed by atoms with van der Waals surface area (Å²) >= 11 is 0. The summed E-state index contributed by atoms with van der Waals surface area (Å²) in [7, 11) is 0. The molecular weight excluding hydrogens is 280 g/mol. The van der Waals surface area contributed by atoms with Crippen molar-refractivity contribution in [2.75, 3.05) is 6.54 Å². The molecule has 0 unspecified atom stereocenters. The van der Waals surface area contributed by atoms with Gasteiger partial charge in [0.25, 0.3) is 5.56 Å². The van der Waals surface area contributed by atoms with Gasteiger partial charge in [-0.05, 0) is 43.7 Å². The van der Waals surface area contributed by atoms with E-state index in [0.717, 1.165) is 30.3 Å². The number of nitrogens with zero attached hydrogens (tertiary/aromatic N) is 3. The van der Waals surface area contributed by atoms with Crippen molar-refractivity contribution in [3.05, 3.63) is 33.5 Å². The Bertz CT molecular complexity index is 939. The Kier molecular flexibility index (Phi) is 3.00. The van der Waals surface area contributed by atoms with Gasteiger partial charge in [-0.3, -0.25) is 9.36 Å². The highest BCUT2D eigenvalue weighted by molar-refractivity contribution is 6.03. The molecule has 1 aliphatic carbocycles. The average molecular weight is 298 g/mol. The fraction of sp³-hybridized carbons (Fsp3) is 0.438. The van der Waals surface area contributed by atoms with Gasteiger partial charge < -0.3 is 10.2 Å². The van der Waals surface area contributed by atoms with Crippen molar-refractivity contribution in [1.29, 1.82) is 0 Å². The number of hydrogen-bond donors (Lipinski definition) is 1. The third-order valence-electron chi connectivity index (χ3n) is 4.49. The van der Waals surface area contributed by atoms with Gasteiger partial charge in [0.05, 0.1) is 11.7 Å². The van der Waals surface area contributed by atoms with E-state index in [0.29, 0.717) is 24.3 Å². The lowest BCUT2D eigenvalue weighted by Crippen LogP contribution is -2.23. The zero-order valence-corrected chi connectivity index (χ0v) is 12.6. The number of aryl methyl sites for hydroxylation is 2. The number of rotatable bonds is 2. The molecule has 6 nitrogen and oxygen atoms in total. The molecule has 0 atom stereocenters. The van der Waals surface area contributed by atoms with Crippen LogP contribution in [0.2, 0.25) is 0 Å². The van der Waals surface area contributed by atoms with Crippen molar-refractivity contribution < 1.29 is 4.42 Å². The second-order valence-corrected chi connectivity index (χ2v) is 5.85. The second-order valence-electron chi connectivity index (χ2n) is 5.85. The maximum atomic E-state index is 12.5. The molecule has 2 N–H and O–H groups in total. The molecular formula is C16H18N4O2. The summed E-state index contributed by atoms with van der Waals surface area (Å²) in [5.74, 6) is 0. The van der Waals surface area contributed by atoms with Gasteiger partial charge in [-0.1, -0.05) is 0 Å². The minimum atomic E-state index is -0.185. The second kappa shape index (κ2) is 4.91. The van der Waals surface area contributed by atoms with Crippen LogP contribution >= 0.6 is 0 Å². The Morgan fingerprint density at radius 1 is 1.32 bits per heavy atom. The molecule has 0 saturated carbocycles. The Hall–Kier alpha value is -2.21. The highest BCUT2D eigenvalue weighted by Gasteiger charge is 2.23. The minimum Gasteiger partial charge on any atom is -0.430 e. The van der Waals surface area contributed by atoms with E-state index in [2.05, 4.69) is 9.97 Å². The fourth-order valence-electron chi connectivity index (χ4n) is 3.44. The third-order valence-corrected chi connectivity index (χ3v) is 4.49. The fourth-order valence-corrected chi connectivity index (χ4v) is 3.44. The molecule has 3 heterocycles. The van der Waals surface area contributed by atoms with Gasteiger partial charge in [0.15, 0.2) is 0 Å². The Labute approximate surface area is 127 Å². The van der Waals surface area contributed by atoms with Crippen LogP contribution in [0.25, 0.3) is 22.2 Å². The summed E-state index contributed by atoms with van der Waals surface area (Å²) in [5, 5.41) is 0.923. The highest BCUT2D eigenvalue weighted by atomic mass is 16.3. The van der Waals surface area contributed by atoms with Crippen molar-refractivity contribution in [1.82, 2.24) is 14.5 Å². The van der Waals surface area contributed by atoms with Crippen LogP contribution in [0.3, 0.4) is 0 Å². The van der Waals surface area contributed by atoms with E-state index in [4.69, 9.17) is 10.2 Å². The smallest absolute Gasteiger partial charge is 0.297 e. The van der Waals surface area contributed by atoms with Crippen molar-refractivity contribution in [3.8, 4) is 0 Å². The van der Waals surface area contributed by atoms with Gasteiger partial charge in [-0.15, -0.1) is 0 Å². The van der Waals surface area contributed by atoms with E-state index < -0.39 is 0 Å². The van der Waals surface area contributed by atoms with Gasteiger partial charge in [0, 0.05) is 18.8 Å². The third kappa shape index (κ3) is 1.80. The van der Waals surface area contributed by atoms with Crippen LogP contribution < -0.4 is 11.3 Å². The quantitative estimate of drug-likeness (QED) is 0.778. The van der Waals surface area contributed by atoms with E-state index in [1.807, 2.05) is 6.92 Å². The lowest BCUT2D eigenvalue weighted by Gasteiger charge is -2.17. The average Bonchev–Trinajstić information content (AvgIpc) is 2.90. The van der Waals surface area contributed by atoms with Gasteiger partial charge >= 0.3 is 0 Å². The molecule has 0 bridgehead atoms. The number of fused-ring (bicyclic) bond motifs is 5. The summed E-state index contributed by atoms with van der Waals surface area (Å²) in [5.41, 5.74) is 10.4. The van der Waals surface area contributed by atoms with Gasteiger partial charge in [0.1, 0.15) is 5.52 Å². The maximum Gasteiger partial charge on any atom is 0.297 e. The van der Waals surface area contributed by atoms with Crippen molar-refractivity contribution >= 4 is 22.2 Å². The molecule has 0 aromatic carbocycles. The van der Waals surface area contributed by atoms with E-state index in [9.17, 15) is 4.79 Å². The van der Waals surface area contributed by atoms with Gasteiger partial charge in [0.2, 0.25) is 11.3 Å². The molecule has 0 radical (unpaired) electrons. The van der Waals surface area contributed by atoms with E-state index in [-0.39, 0.29) is 11.1 Å². The van der Waals surface area contributed by atoms with Crippen LogP contribution in [-0.4, -0.2) is 21.1 Å². The first kappa shape index (κ1) is 13.5. The van der Waals surface area contributed by atoms with E-state index in [1.54, 1.807) is 6.33 Å². The normalized spacial score (nSPS) is 14.6. The first-order valence-corrected chi connectivity index (χ1v) is 7.70. The Morgan fingerprint density at radius 2 is 2.09 bits per heavy atom. The topological polar surface area (TPSA) is 86.9 Å². The number of furan rings is 1. The summed E-state index contributed by atoms with van der Waals surface area (Å²) in [6.07, 6.45) is 5.94. The monoisotopic (exact) mass is 298 g/mol. The lowest BCUT2D eigenvalue weighted by atomic mass is 9.89. The van der Waals surface area contributed by atoms with Crippen LogP contribution in [0.15, 0.2) is 15.5 Å². The predicted octanol–water partition coefficient (Wildman–Crippen LogP) is 1.68. The lowest BCUT2D eigenvalue weighted by molar-refractivity contribution is 0.614. The predicted molar refractivity (Wildman–Crippen MR) is 84.0 cm³/mol. The highest BCUT2D eigenvalue weighted by Crippen LogP contribution is 2.34. The SMILES string of the molecule is Cc1nc2oc3c(=O)n(CCN)cnc3c2c2c1CCCC2. The number of nitrogens with two attached hydrogens (primary N) is 1. The van der Waals surface area contributed by atoms with E-state index >= 15 is 0 Å². The zero-order valence-electron chi connectivity index (χ0n) is 12.6. The summed E-state index contributed by atoms with van der Waals surface area (Å²) in [4.78, 5) is 21.5. The number of pyridine rings is 1. The first-order valence-electron chi connectivity index (χ1n) is 7.70. The molecule has 0 aliphatic heterocycles. The molecule has 3 aromatic heterocycles. The molecule has 3 aromatic rings. The van der Waals surface area contributed by atoms with Crippen LogP contribution in [0.5, 0.6) is 0 Å². The zero-order chi connectivity index (χ0) is 15.3. The Morgan fingerprint density at radius 3 is 2.86 bits per heavy atom. The summed E-state index contributed by atoms with van der Waals surface area (Å²) in [6, 6.07) is 0. The maximum absolute atomic E-state index is 12.5. The van der Waals surface area contributed by atoms with Crippen molar-refractivity contribution in [3.63, 3.8) is 0 Å². The molecule has 0 amide bonds. The molecule has 114 valence electrons. The van der Waals surface area contributed by atoms with Crippen LogP contribution in [0.4, 0.5) is 0 Å². The van der Waals surface area contributed by atoms with Crippen LogP contribution in [0, 0.1) is 6.92 Å². The van der Waals surface area contributed by atoms with Crippen LogP contribution in [-0.2, 0) is 19.4 Å². The van der Waals surface area contributed by atoms with Gasteiger partial charge in [-0.25, -0.2) is 9.97 Å². The molecule has 0 saturated heterocycles. The molecule has 0 spiro atoms. The molecule has 22 heavy (non-hydrogen) atoms. The van der Waals surface area contributed by atoms with Crippen molar-refractivity contribution in [2.45, 2.75) is 39.2 Å². The number of aromatic nitrogens is 3. The van der Waals surface area contributed by atoms with Crippen LogP contribution in [0.1, 0.15) is 29.7 Å². The van der Waals surface area contributed by atoms with Crippen molar-refractivity contribution in [2.24, 2.45) is 5.73 Å². The summed E-state index contributed by atoms with van der Waals surface area (Å²) in [6.45, 7) is 2.83. The summed E-state index contributed by atoms with van der Waals surface area (Å²) < 4.78 is 7.26.